The largest absolute Gasteiger partial charge is 0.443 e. The van der Waals surface area contributed by atoms with E-state index < -0.39 is 5.60 Å². The van der Waals surface area contributed by atoms with E-state index in [1.165, 1.54) is 0 Å². The Morgan fingerprint density at radius 3 is 3.00 bits per heavy atom. The van der Waals surface area contributed by atoms with E-state index in [1.54, 1.807) is 11.1 Å². The average Bonchev–Trinajstić information content (AvgIpc) is 2.89. The quantitative estimate of drug-likeness (QED) is 0.867. The number of rotatable bonds is 1. The molecular formula is C17H21N3O2. The van der Waals surface area contributed by atoms with Gasteiger partial charge in [0, 0.05) is 36.1 Å². The fourth-order valence-corrected chi connectivity index (χ4v) is 2.66. The van der Waals surface area contributed by atoms with Crippen LogP contribution in [0.25, 0.3) is 16.5 Å². The number of allylic oxidation sites excluding steroid dienone is 1. The van der Waals surface area contributed by atoms with Crippen LogP contribution >= 0.6 is 0 Å². The highest BCUT2D eigenvalue weighted by Crippen LogP contribution is 2.30. The number of nitrogens with one attached hydrogen (secondary N) is 1. The van der Waals surface area contributed by atoms with E-state index in [2.05, 4.69) is 9.97 Å². The van der Waals surface area contributed by atoms with Gasteiger partial charge in [-0.05, 0) is 45.3 Å². The Morgan fingerprint density at radius 1 is 1.41 bits per heavy atom. The molecular weight excluding hydrogens is 278 g/mol. The van der Waals surface area contributed by atoms with Crippen LogP contribution in [-0.4, -0.2) is 33.1 Å². The van der Waals surface area contributed by atoms with E-state index in [1.807, 2.05) is 45.4 Å². The standard InChI is InChI=1S/C17H21N3O2/c1-17(2,3)22-16(21)20-8-4-5-12(11-20)14-9-19-15-10-18-7-6-13(14)15/h6-7,9-11,19H,4-5,8H2,1-3H3. The first-order chi connectivity index (χ1) is 10.4. The van der Waals surface area contributed by atoms with Crippen LogP contribution in [0.5, 0.6) is 0 Å². The third-order valence-corrected chi connectivity index (χ3v) is 3.61. The third-order valence-electron chi connectivity index (χ3n) is 3.61. The average molecular weight is 299 g/mol. The maximum atomic E-state index is 12.2. The van der Waals surface area contributed by atoms with Crippen molar-refractivity contribution in [1.82, 2.24) is 14.9 Å². The lowest BCUT2D eigenvalue weighted by molar-refractivity contribution is 0.0329. The summed E-state index contributed by atoms with van der Waals surface area (Å²) in [5.74, 6) is 0. The van der Waals surface area contributed by atoms with Gasteiger partial charge in [-0.25, -0.2) is 4.79 Å². The topological polar surface area (TPSA) is 58.2 Å². The minimum absolute atomic E-state index is 0.286. The predicted octanol–water partition coefficient (Wildman–Crippen LogP) is 3.93. The Morgan fingerprint density at radius 2 is 2.23 bits per heavy atom. The predicted molar refractivity (Wildman–Crippen MR) is 86.2 cm³/mol. The van der Waals surface area contributed by atoms with Crippen molar-refractivity contribution in [1.29, 1.82) is 0 Å². The summed E-state index contributed by atoms with van der Waals surface area (Å²) >= 11 is 0. The zero-order valence-corrected chi connectivity index (χ0v) is 13.2. The molecule has 1 amide bonds. The van der Waals surface area contributed by atoms with Crippen molar-refractivity contribution in [3.8, 4) is 0 Å². The first-order valence-corrected chi connectivity index (χ1v) is 7.56. The first-order valence-electron chi connectivity index (χ1n) is 7.56. The molecule has 2 aromatic rings. The number of carbonyl (C=O) groups excluding carboxylic acids is 1. The van der Waals surface area contributed by atoms with E-state index in [-0.39, 0.29) is 6.09 Å². The molecule has 22 heavy (non-hydrogen) atoms. The number of aromatic nitrogens is 2. The molecule has 3 rings (SSSR count). The van der Waals surface area contributed by atoms with E-state index in [0.717, 1.165) is 34.9 Å². The van der Waals surface area contributed by atoms with Gasteiger partial charge in [-0.1, -0.05) is 0 Å². The van der Waals surface area contributed by atoms with Crippen LogP contribution in [0.3, 0.4) is 0 Å². The van der Waals surface area contributed by atoms with Crippen LogP contribution in [0.2, 0.25) is 0 Å². The van der Waals surface area contributed by atoms with Gasteiger partial charge < -0.3 is 9.72 Å². The number of H-pyrrole nitrogens is 1. The zero-order valence-electron chi connectivity index (χ0n) is 13.2. The normalized spacial score (nSPS) is 15.8. The molecule has 3 heterocycles. The molecule has 1 aliphatic rings. The van der Waals surface area contributed by atoms with Gasteiger partial charge >= 0.3 is 6.09 Å². The molecule has 1 N–H and O–H groups in total. The van der Waals surface area contributed by atoms with Gasteiger partial charge in [-0.15, -0.1) is 0 Å². The summed E-state index contributed by atoms with van der Waals surface area (Å²) in [7, 11) is 0. The van der Waals surface area contributed by atoms with E-state index >= 15 is 0 Å². The molecule has 0 atom stereocenters. The summed E-state index contributed by atoms with van der Waals surface area (Å²) in [5, 5.41) is 1.13. The molecule has 0 radical (unpaired) electrons. The Hall–Kier alpha value is -2.30. The lowest BCUT2D eigenvalue weighted by Crippen LogP contribution is -2.35. The summed E-state index contributed by atoms with van der Waals surface area (Å²) < 4.78 is 5.45. The molecule has 0 bridgehead atoms. The van der Waals surface area contributed by atoms with Crippen LogP contribution in [0.4, 0.5) is 4.79 Å². The number of nitrogens with zero attached hydrogens (tertiary/aromatic N) is 2. The van der Waals surface area contributed by atoms with E-state index in [4.69, 9.17) is 4.74 Å². The van der Waals surface area contributed by atoms with Crippen molar-refractivity contribution < 1.29 is 9.53 Å². The van der Waals surface area contributed by atoms with Gasteiger partial charge in [0.25, 0.3) is 0 Å². The fraction of sp³-hybridized carbons (Fsp3) is 0.412. The van der Waals surface area contributed by atoms with Crippen molar-refractivity contribution in [2.45, 2.75) is 39.2 Å². The number of aromatic amines is 1. The summed E-state index contributed by atoms with van der Waals surface area (Å²) in [4.78, 5) is 21.3. The van der Waals surface area contributed by atoms with Crippen molar-refractivity contribution in [3.05, 3.63) is 36.4 Å². The maximum absolute atomic E-state index is 12.2. The minimum atomic E-state index is -0.477. The number of hydrogen-bond donors (Lipinski definition) is 1. The monoisotopic (exact) mass is 299 g/mol. The molecule has 0 aromatic carbocycles. The highest BCUT2D eigenvalue weighted by atomic mass is 16.6. The molecule has 5 nitrogen and oxygen atoms in total. The van der Waals surface area contributed by atoms with Gasteiger partial charge in [0.2, 0.25) is 0 Å². The molecule has 1 aliphatic heterocycles. The molecule has 0 aliphatic carbocycles. The van der Waals surface area contributed by atoms with Crippen LogP contribution in [0.1, 0.15) is 39.2 Å². The van der Waals surface area contributed by atoms with Crippen molar-refractivity contribution in [3.63, 3.8) is 0 Å². The van der Waals surface area contributed by atoms with E-state index in [9.17, 15) is 4.79 Å². The Kier molecular flexibility index (Phi) is 3.64. The van der Waals surface area contributed by atoms with Crippen molar-refractivity contribution in [2.24, 2.45) is 0 Å². The molecule has 0 spiro atoms. The third kappa shape index (κ3) is 2.98. The summed E-state index contributed by atoms with van der Waals surface area (Å²) in [6.45, 7) is 6.34. The Bertz CT molecular complexity index is 725. The zero-order chi connectivity index (χ0) is 15.7. The molecule has 0 saturated heterocycles. The molecule has 5 heteroatoms. The minimum Gasteiger partial charge on any atom is -0.443 e. The Balaban J connectivity index is 1.89. The first kappa shape index (κ1) is 14.6. The van der Waals surface area contributed by atoms with Crippen molar-refractivity contribution in [2.75, 3.05) is 6.54 Å². The van der Waals surface area contributed by atoms with Crippen LogP contribution in [-0.2, 0) is 4.74 Å². The fourth-order valence-electron chi connectivity index (χ4n) is 2.66. The van der Waals surface area contributed by atoms with Crippen LogP contribution < -0.4 is 0 Å². The van der Waals surface area contributed by atoms with Gasteiger partial charge in [0.05, 0.1) is 11.7 Å². The van der Waals surface area contributed by atoms with Crippen LogP contribution in [0, 0.1) is 0 Å². The van der Waals surface area contributed by atoms with Gasteiger partial charge in [-0.3, -0.25) is 9.88 Å². The summed E-state index contributed by atoms with van der Waals surface area (Å²) in [6.07, 6.45) is 9.10. The molecule has 2 aromatic heterocycles. The number of ether oxygens (including phenoxy) is 1. The lowest BCUT2D eigenvalue weighted by Gasteiger charge is -2.28. The lowest BCUT2D eigenvalue weighted by atomic mass is 9.99. The molecule has 0 unspecified atom stereocenters. The number of carbonyl (C=O) groups is 1. The van der Waals surface area contributed by atoms with E-state index in [0.29, 0.717) is 6.54 Å². The molecule has 0 saturated carbocycles. The molecule has 0 fully saturated rings. The molecule has 116 valence electrons. The number of fused-ring (bicyclic) bond motifs is 1. The van der Waals surface area contributed by atoms with Crippen LogP contribution in [0.15, 0.2) is 30.9 Å². The number of amides is 1. The highest BCUT2D eigenvalue weighted by molar-refractivity contribution is 5.92. The van der Waals surface area contributed by atoms with Crippen molar-refractivity contribution >= 4 is 22.6 Å². The second-order valence-electron chi connectivity index (χ2n) is 6.56. The summed E-state index contributed by atoms with van der Waals surface area (Å²) in [5.41, 5.74) is 2.81. The second-order valence-corrected chi connectivity index (χ2v) is 6.56. The SMILES string of the molecule is CC(C)(C)OC(=O)N1C=C(c2c[nH]c3cnccc23)CCC1. The van der Waals surface area contributed by atoms with Gasteiger partial charge in [0.1, 0.15) is 5.60 Å². The second kappa shape index (κ2) is 5.48. The number of pyridine rings is 1. The smallest absolute Gasteiger partial charge is 0.414 e. The summed E-state index contributed by atoms with van der Waals surface area (Å²) in [6, 6.07) is 1.99. The van der Waals surface area contributed by atoms with Gasteiger partial charge in [0.15, 0.2) is 0 Å². The maximum Gasteiger partial charge on any atom is 0.414 e. The van der Waals surface area contributed by atoms with Gasteiger partial charge in [-0.2, -0.15) is 0 Å². The number of hydrogen-bond acceptors (Lipinski definition) is 3. The highest BCUT2D eigenvalue weighted by Gasteiger charge is 2.24. The Labute approximate surface area is 130 Å².